The molecule has 0 spiro atoms. The molecular formula is C11H11ClN2OS. The van der Waals surface area contributed by atoms with Crippen LogP contribution in [0.4, 0.5) is 10.8 Å². The highest BCUT2D eigenvalue weighted by Gasteiger charge is 2.00. The highest BCUT2D eigenvalue weighted by atomic mass is 35.5. The van der Waals surface area contributed by atoms with Crippen LogP contribution in [-0.2, 0) is 11.3 Å². The molecule has 84 valence electrons. The van der Waals surface area contributed by atoms with Gasteiger partial charge >= 0.3 is 0 Å². The van der Waals surface area contributed by atoms with Crippen molar-refractivity contribution in [2.45, 2.75) is 6.61 Å². The van der Waals surface area contributed by atoms with Gasteiger partial charge in [-0.2, -0.15) is 0 Å². The first-order valence-electron chi connectivity index (χ1n) is 4.74. The summed E-state index contributed by atoms with van der Waals surface area (Å²) in [7, 11) is 1.68. The Labute approximate surface area is 103 Å². The van der Waals surface area contributed by atoms with Crippen molar-refractivity contribution in [1.82, 2.24) is 4.98 Å². The van der Waals surface area contributed by atoms with Crippen molar-refractivity contribution < 1.29 is 4.74 Å². The third kappa shape index (κ3) is 2.95. The molecule has 5 heteroatoms. The first kappa shape index (κ1) is 11.4. The molecule has 3 nitrogen and oxygen atoms in total. The van der Waals surface area contributed by atoms with Crippen LogP contribution in [-0.4, -0.2) is 12.1 Å². The highest BCUT2D eigenvalue weighted by molar-refractivity contribution is 7.14. The smallest absolute Gasteiger partial charge is 0.188 e. The summed E-state index contributed by atoms with van der Waals surface area (Å²) in [6, 6.07) is 8.00. The summed E-state index contributed by atoms with van der Waals surface area (Å²) in [5, 5.41) is 6.29. The lowest BCUT2D eigenvalue weighted by molar-refractivity contribution is 0.185. The first-order valence-corrected chi connectivity index (χ1v) is 5.99. The van der Waals surface area contributed by atoms with E-state index in [0.29, 0.717) is 11.8 Å². The van der Waals surface area contributed by atoms with Crippen LogP contribution in [0.3, 0.4) is 0 Å². The van der Waals surface area contributed by atoms with Gasteiger partial charge in [-0.05, 0) is 17.7 Å². The number of nitrogens with zero attached hydrogens (tertiary/aromatic N) is 1. The summed E-state index contributed by atoms with van der Waals surface area (Å²) in [5.74, 6) is 0. The third-order valence-corrected chi connectivity index (χ3v) is 3.05. The molecule has 0 aliphatic rings. The van der Waals surface area contributed by atoms with Gasteiger partial charge in [-0.1, -0.05) is 23.7 Å². The maximum atomic E-state index is 5.75. The average Bonchev–Trinajstić information content (AvgIpc) is 2.65. The van der Waals surface area contributed by atoms with Crippen molar-refractivity contribution in [2.24, 2.45) is 0 Å². The Morgan fingerprint density at radius 3 is 3.06 bits per heavy atom. The van der Waals surface area contributed by atoms with Gasteiger partial charge in [0.25, 0.3) is 0 Å². The maximum absolute atomic E-state index is 5.75. The maximum Gasteiger partial charge on any atom is 0.188 e. The molecule has 0 saturated carbocycles. The van der Waals surface area contributed by atoms with Gasteiger partial charge in [0, 0.05) is 18.2 Å². The number of nitrogens with one attached hydrogen (secondary N) is 1. The van der Waals surface area contributed by atoms with Gasteiger partial charge in [-0.15, -0.1) is 11.3 Å². The molecule has 1 N–H and O–H groups in total. The van der Waals surface area contributed by atoms with Crippen LogP contribution < -0.4 is 5.32 Å². The lowest BCUT2D eigenvalue weighted by Gasteiger charge is -2.05. The molecule has 0 atom stereocenters. The fourth-order valence-corrected chi connectivity index (χ4v) is 2.20. The van der Waals surface area contributed by atoms with Gasteiger partial charge in [0.15, 0.2) is 5.13 Å². The van der Waals surface area contributed by atoms with E-state index in [-0.39, 0.29) is 0 Å². The van der Waals surface area contributed by atoms with Gasteiger partial charge in [-0.3, -0.25) is 0 Å². The number of benzene rings is 1. The number of hydrogen-bond acceptors (Lipinski definition) is 4. The van der Waals surface area contributed by atoms with Gasteiger partial charge in [0.05, 0.1) is 6.61 Å². The summed E-state index contributed by atoms with van der Waals surface area (Å²) >= 11 is 7.23. The summed E-state index contributed by atoms with van der Waals surface area (Å²) in [5.41, 5.74) is 2.11. The minimum Gasteiger partial charge on any atom is -0.380 e. The lowest BCUT2D eigenvalue weighted by atomic mass is 10.2. The monoisotopic (exact) mass is 254 g/mol. The van der Waals surface area contributed by atoms with Crippen LogP contribution in [0.5, 0.6) is 0 Å². The van der Waals surface area contributed by atoms with Crippen molar-refractivity contribution in [2.75, 3.05) is 12.4 Å². The number of rotatable bonds is 4. The van der Waals surface area contributed by atoms with Crippen LogP contribution in [0.2, 0.25) is 5.15 Å². The molecule has 0 radical (unpaired) electrons. The predicted octanol–water partition coefficient (Wildman–Crippen LogP) is 3.69. The Morgan fingerprint density at radius 1 is 1.50 bits per heavy atom. The number of halogens is 1. The molecule has 0 unspecified atom stereocenters. The van der Waals surface area contributed by atoms with Gasteiger partial charge in [0.1, 0.15) is 5.15 Å². The van der Waals surface area contributed by atoms with E-state index in [9.17, 15) is 0 Å². The zero-order valence-corrected chi connectivity index (χ0v) is 10.3. The Bertz CT molecular complexity index is 473. The minimum atomic E-state index is 0.514. The fraction of sp³-hybridized carbons (Fsp3) is 0.182. The van der Waals surface area contributed by atoms with Crippen molar-refractivity contribution in [3.05, 3.63) is 40.4 Å². The Morgan fingerprint density at radius 2 is 2.38 bits per heavy atom. The van der Waals surface area contributed by atoms with Gasteiger partial charge in [-0.25, -0.2) is 4.98 Å². The van der Waals surface area contributed by atoms with Crippen LogP contribution in [0.25, 0.3) is 0 Å². The SMILES string of the molecule is COCc1cccc(Nc2nc(Cl)cs2)c1. The molecule has 1 heterocycles. The topological polar surface area (TPSA) is 34.1 Å². The second kappa shape index (κ2) is 5.30. The summed E-state index contributed by atoms with van der Waals surface area (Å²) in [4.78, 5) is 4.12. The highest BCUT2D eigenvalue weighted by Crippen LogP contribution is 2.23. The summed E-state index contributed by atoms with van der Waals surface area (Å²) in [6.07, 6.45) is 0. The number of hydrogen-bond donors (Lipinski definition) is 1. The summed E-state index contributed by atoms with van der Waals surface area (Å²) < 4.78 is 5.08. The van der Waals surface area contributed by atoms with Crippen LogP contribution >= 0.6 is 22.9 Å². The molecule has 1 aromatic heterocycles. The quantitative estimate of drug-likeness (QED) is 0.904. The van der Waals surface area contributed by atoms with Gasteiger partial charge < -0.3 is 10.1 Å². The second-order valence-corrected chi connectivity index (χ2v) is 4.48. The predicted molar refractivity (Wildman–Crippen MR) is 67.6 cm³/mol. The molecule has 0 aliphatic heterocycles. The number of thiazole rings is 1. The number of anilines is 2. The molecule has 0 bridgehead atoms. The van der Waals surface area contributed by atoms with E-state index in [1.54, 1.807) is 12.5 Å². The van der Waals surface area contributed by atoms with E-state index in [4.69, 9.17) is 16.3 Å². The normalized spacial score (nSPS) is 10.4. The zero-order chi connectivity index (χ0) is 11.4. The molecule has 0 fully saturated rings. The van der Waals surface area contributed by atoms with E-state index in [1.807, 2.05) is 24.3 Å². The molecule has 2 rings (SSSR count). The second-order valence-electron chi connectivity index (χ2n) is 3.23. The van der Waals surface area contributed by atoms with Crippen molar-refractivity contribution >= 4 is 33.8 Å². The van der Waals surface area contributed by atoms with Gasteiger partial charge in [0.2, 0.25) is 0 Å². The minimum absolute atomic E-state index is 0.514. The Hall–Kier alpha value is -1.10. The van der Waals surface area contributed by atoms with Crippen molar-refractivity contribution in [3.63, 3.8) is 0 Å². The first-order chi connectivity index (χ1) is 7.78. The van der Waals surface area contributed by atoms with E-state index >= 15 is 0 Å². The molecule has 2 aromatic rings. The third-order valence-electron chi connectivity index (χ3n) is 1.97. The Balaban J connectivity index is 2.12. The number of aromatic nitrogens is 1. The molecule has 16 heavy (non-hydrogen) atoms. The van der Waals surface area contributed by atoms with Crippen LogP contribution in [0, 0.1) is 0 Å². The van der Waals surface area contributed by atoms with Crippen LogP contribution in [0.1, 0.15) is 5.56 Å². The van der Waals surface area contributed by atoms with E-state index in [1.165, 1.54) is 11.3 Å². The van der Waals surface area contributed by atoms with Crippen molar-refractivity contribution in [3.8, 4) is 0 Å². The summed E-state index contributed by atoms with van der Waals surface area (Å²) in [6.45, 7) is 0.605. The van der Waals surface area contributed by atoms with Crippen LogP contribution in [0.15, 0.2) is 29.6 Å². The largest absolute Gasteiger partial charge is 0.380 e. The average molecular weight is 255 g/mol. The van der Waals surface area contributed by atoms with E-state index < -0.39 is 0 Å². The lowest BCUT2D eigenvalue weighted by Crippen LogP contribution is -1.92. The molecule has 0 amide bonds. The Kier molecular flexibility index (Phi) is 3.77. The molecular weight excluding hydrogens is 244 g/mol. The fourth-order valence-electron chi connectivity index (χ4n) is 1.34. The molecule has 1 aromatic carbocycles. The standard InChI is InChI=1S/C11H11ClN2OS/c1-15-6-8-3-2-4-9(5-8)13-11-14-10(12)7-16-11/h2-5,7H,6H2,1H3,(H,13,14). The zero-order valence-electron chi connectivity index (χ0n) is 8.74. The number of methoxy groups -OCH3 is 1. The van der Waals surface area contributed by atoms with E-state index in [0.717, 1.165) is 16.4 Å². The number of ether oxygens (including phenoxy) is 1. The van der Waals surface area contributed by atoms with Crippen molar-refractivity contribution in [1.29, 1.82) is 0 Å². The molecule has 0 aliphatic carbocycles. The molecule has 0 saturated heterocycles. The van der Waals surface area contributed by atoms with E-state index in [2.05, 4.69) is 10.3 Å².